The fraction of sp³-hybridized carbons (Fsp3) is 0.174. The predicted molar refractivity (Wildman–Crippen MR) is 122 cm³/mol. The molecular formula is C23H19N3O6S. The third-order valence-electron chi connectivity index (χ3n) is 5.26. The topological polar surface area (TPSA) is 124 Å². The van der Waals surface area contributed by atoms with Gasteiger partial charge in [-0.05, 0) is 29.7 Å². The molecule has 1 aliphatic heterocycles. The smallest absolute Gasteiger partial charge is 0.338 e. The van der Waals surface area contributed by atoms with Crippen molar-refractivity contribution in [3.05, 3.63) is 101 Å². The summed E-state index contributed by atoms with van der Waals surface area (Å²) in [6.45, 7) is 1.87. The molecular weight excluding hydrogens is 446 g/mol. The van der Waals surface area contributed by atoms with E-state index in [1.165, 1.54) is 36.0 Å². The lowest BCUT2D eigenvalue weighted by Crippen LogP contribution is -2.40. The number of ether oxygens (including phenoxy) is 1. The molecule has 9 nitrogen and oxygen atoms in total. The van der Waals surface area contributed by atoms with E-state index in [4.69, 9.17) is 4.74 Å². The minimum Gasteiger partial charge on any atom is -0.502 e. The average molecular weight is 465 g/mol. The summed E-state index contributed by atoms with van der Waals surface area (Å²) < 4.78 is 6.75. The molecule has 0 radical (unpaired) electrons. The molecule has 2 heterocycles. The first-order valence-corrected chi connectivity index (χ1v) is 10.8. The van der Waals surface area contributed by atoms with E-state index >= 15 is 0 Å². The number of allylic oxidation sites excluding steroid dienone is 1. The molecule has 1 atom stereocenters. The number of aromatic nitrogens is 1. The maximum Gasteiger partial charge on any atom is 0.338 e. The number of benzene rings is 2. The lowest BCUT2D eigenvalue weighted by atomic mass is 9.95. The SMILES string of the molecule is CCC1=C(C(=O)OC)[C@@H](c2ccccc2)n2c(s/c(=C\c3ccc(O)c([N+](=O)[O-])c3)c2=O)=N1. The van der Waals surface area contributed by atoms with E-state index in [1.807, 2.05) is 37.3 Å². The summed E-state index contributed by atoms with van der Waals surface area (Å²) in [4.78, 5) is 41.6. The first kappa shape index (κ1) is 22.2. The van der Waals surface area contributed by atoms with Gasteiger partial charge in [-0.3, -0.25) is 19.5 Å². The van der Waals surface area contributed by atoms with Gasteiger partial charge in [-0.1, -0.05) is 54.7 Å². The Labute approximate surface area is 191 Å². The molecule has 4 rings (SSSR count). The second-order valence-electron chi connectivity index (χ2n) is 7.20. The Morgan fingerprint density at radius 3 is 2.67 bits per heavy atom. The van der Waals surface area contributed by atoms with Gasteiger partial charge < -0.3 is 9.84 Å². The van der Waals surface area contributed by atoms with Gasteiger partial charge in [-0.2, -0.15) is 0 Å². The second kappa shape index (κ2) is 8.83. The van der Waals surface area contributed by atoms with Crippen LogP contribution < -0.4 is 14.9 Å². The molecule has 0 bridgehead atoms. The Hall–Kier alpha value is -4.05. The summed E-state index contributed by atoms with van der Waals surface area (Å²) >= 11 is 1.12. The first-order chi connectivity index (χ1) is 15.8. The number of thiazole rings is 1. The fourth-order valence-corrected chi connectivity index (χ4v) is 4.76. The van der Waals surface area contributed by atoms with Gasteiger partial charge in [0.2, 0.25) is 0 Å². The molecule has 1 aliphatic rings. The van der Waals surface area contributed by atoms with Crippen molar-refractivity contribution in [1.82, 2.24) is 4.57 Å². The standard InChI is InChI=1S/C23H19N3O6S/c1-3-15-19(22(29)32-2)20(14-7-5-4-6-8-14)25-21(28)18(33-23(25)24-15)12-13-9-10-17(27)16(11-13)26(30)31/h4-12,20,27H,3H2,1-2H3/b18-12-/t20-/m1/s1. The van der Waals surface area contributed by atoms with Gasteiger partial charge in [0.05, 0.1) is 33.9 Å². The molecule has 0 spiro atoms. The van der Waals surface area contributed by atoms with Crippen LogP contribution >= 0.6 is 11.3 Å². The lowest BCUT2D eigenvalue weighted by molar-refractivity contribution is -0.385. The third-order valence-corrected chi connectivity index (χ3v) is 6.24. The van der Waals surface area contributed by atoms with Crippen molar-refractivity contribution in [3.63, 3.8) is 0 Å². The van der Waals surface area contributed by atoms with Crippen LogP contribution in [0.25, 0.3) is 6.08 Å². The number of carbonyl (C=O) groups excluding carboxylic acids is 1. The van der Waals surface area contributed by atoms with Crippen LogP contribution in [-0.2, 0) is 9.53 Å². The van der Waals surface area contributed by atoms with E-state index in [1.54, 1.807) is 0 Å². The van der Waals surface area contributed by atoms with Crippen LogP contribution in [0.5, 0.6) is 5.75 Å². The van der Waals surface area contributed by atoms with Gasteiger partial charge in [0.25, 0.3) is 5.56 Å². The van der Waals surface area contributed by atoms with Gasteiger partial charge in [-0.25, -0.2) is 9.79 Å². The van der Waals surface area contributed by atoms with E-state index in [-0.39, 0.29) is 10.1 Å². The molecule has 0 aliphatic carbocycles. The number of fused-ring (bicyclic) bond motifs is 1. The Kier molecular flexibility index (Phi) is 5.93. The maximum absolute atomic E-state index is 13.5. The van der Waals surface area contributed by atoms with Crippen LogP contribution in [0.3, 0.4) is 0 Å². The molecule has 33 heavy (non-hydrogen) atoms. The number of hydrogen-bond acceptors (Lipinski definition) is 8. The number of phenolic OH excluding ortho intramolecular Hbond substituents is 1. The van der Waals surface area contributed by atoms with Gasteiger partial charge in [-0.15, -0.1) is 0 Å². The normalized spacial score (nSPS) is 15.7. The lowest BCUT2D eigenvalue weighted by Gasteiger charge is -2.25. The highest BCUT2D eigenvalue weighted by Crippen LogP contribution is 2.31. The predicted octanol–water partition coefficient (Wildman–Crippen LogP) is 2.41. The van der Waals surface area contributed by atoms with Gasteiger partial charge in [0.1, 0.15) is 0 Å². The number of nitrogens with zero attached hydrogens (tertiary/aromatic N) is 3. The molecule has 168 valence electrons. The van der Waals surface area contributed by atoms with Crippen LogP contribution in [0.2, 0.25) is 0 Å². The fourth-order valence-electron chi connectivity index (χ4n) is 3.74. The molecule has 0 saturated carbocycles. The quantitative estimate of drug-likeness (QED) is 0.351. The van der Waals surface area contributed by atoms with Crippen molar-refractivity contribution in [2.24, 2.45) is 4.99 Å². The summed E-state index contributed by atoms with van der Waals surface area (Å²) in [6.07, 6.45) is 1.97. The summed E-state index contributed by atoms with van der Waals surface area (Å²) in [5.74, 6) is -1.02. The molecule has 1 aromatic heterocycles. The Morgan fingerprint density at radius 2 is 2.03 bits per heavy atom. The highest BCUT2D eigenvalue weighted by atomic mass is 32.1. The van der Waals surface area contributed by atoms with Crippen molar-refractivity contribution in [3.8, 4) is 5.75 Å². The van der Waals surface area contributed by atoms with Crippen LogP contribution in [-0.4, -0.2) is 27.7 Å². The average Bonchev–Trinajstić information content (AvgIpc) is 3.13. The molecule has 1 N–H and O–H groups in total. The zero-order valence-corrected chi connectivity index (χ0v) is 18.5. The number of aromatic hydroxyl groups is 1. The Bertz CT molecular complexity index is 1470. The van der Waals surface area contributed by atoms with Crippen LogP contribution in [0.15, 0.2) is 69.6 Å². The van der Waals surface area contributed by atoms with Crippen molar-refractivity contribution in [2.75, 3.05) is 7.11 Å². The van der Waals surface area contributed by atoms with E-state index < -0.39 is 28.4 Å². The van der Waals surface area contributed by atoms with Crippen LogP contribution in [0.1, 0.15) is 30.5 Å². The number of hydrogen-bond donors (Lipinski definition) is 1. The molecule has 2 aromatic carbocycles. The number of nitro groups is 1. The number of phenols is 1. The van der Waals surface area contributed by atoms with Crippen molar-refractivity contribution in [1.29, 1.82) is 0 Å². The van der Waals surface area contributed by atoms with Crippen molar-refractivity contribution in [2.45, 2.75) is 19.4 Å². The van der Waals surface area contributed by atoms with Gasteiger partial charge >= 0.3 is 11.7 Å². The number of rotatable bonds is 5. The largest absolute Gasteiger partial charge is 0.502 e. The van der Waals surface area contributed by atoms with E-state index in [0.717, 1.165) is 16.9 Å². The molecule has 0 amide bonds. The number of methoxy groups -OCH3 is 1. The molecule has 0 saturated heterocycles. The maximum atomic E-state index is 13.5. The third kappa shape index (κ3) is 3.96. The van der Waals surface area contributed by atoms with E-state index in [2.05, 4.69) is 4.99 Å². The molecule has 0 unspecified atom stereocenters. The number of nitro benzene ring substituents is 1. The zero-order chi connectivity index (χ0) is 23.7. The highest BCUT2D eigenvalue weighted by molar-refractivity contribution is 7.07. The summed E-state index contributed by atoms with van der Waals surface area (Å²) in [7, 11) is 1.29. The second-order valence-corrected chi connectivity index (χ2v) is 8.21. The molecule has 0 fully saturated rings. The summed E-state index contributed by atoms with van der Waals surface area (Å²) in [6, 6.07) is 12.3. The molecule has 10 heteroatoms. The number of carbonyl (C=O) groups is 1. The summed E-state index contributed by atoms with van der Waals surface area (Å²) in [5.41, 5.74) is 1.09. The zero-order valence-electron chi connectivity index (χ0n) is 17.7. The Balaban J connectivity index is 1.98. The minimum absolute atomic E-state index is 0.288. The van der Waals surface area contributed by atoms with E-state index in [9.17, 15) is 24.8 Å². The monoisotopic (exact) mass is 465 g/mol. The van der Waals surface area contributed by atoms with Crippen molar-refractivity contribution >= 4 is 29.1 Å². The van der Waals surface area contributed by atoms with Crippen LogP contribution in [0, 0.1) is 10.1 Å². The van der Waals surface area contributed by atoms with Gasteiger partial charge in [0.15, 0.2) is 10.6 Å². The Morgan fingerprint density at radius 1 is 1.30 bits per heavy atom. The molecule has 3 aromatic rings. The van der Waals surface area contributed by atoms with Crippen LogP contribution in [0.4, 0.5) is 5.69 Å². The van der Waals surface area contributed by atoms with Gasteiger partial charge in [0, 0.05) is 6.07 Å². The minimum atomic E-state index is -0.721. The summed E-state index contributed by atoms with van der Waals surface area (Å²) in [5, 5.41) is 20.9. The van der Waals surface area contributed by atoms with E-state index in [0.29, 0.717) is 28.1 Å². The van der Waals surface area contributed by atoms with Crippen molar-refractivity contribution < 1.29 is 19.6 Å². The first-order valence-electron chi connectivity index (χ1n) is 10.0. The number of esters is 1. The highest BCUT2D eigenvalue weighted by Gasteiger charge is 2.33.